The summed E-state index contributed by atoms with van der Waals surface area (Å²) >= 11 is -2.61. The van der Waals surface area contributed by atoms with E-state index in [0.717, 1.165) is 0 Å². The quantitative estimate of drug-likeness (QED) is 0.438. The Morgan fingerprint density at radius 3 is 1.73 bits per heavy atom. The average Bonchev–Trinajstić information content (AvgIpc) is 1.87. The number of aryl methyl sites for hydroxylation is 1. The van der Waals surface area contributed by atoms with Crippen LogP contribution < -0.4 is 4.57 Å². The van der Waals surface area contributed by atoms with Crippen LogP contribution in [0.25, 0.3) is 0 Å². The van der Waals surface area contributed by atoms with E-state index in [-0.39, 0.29) is 0 Å². The van der Waals surface area contributed by atoms with Crippen LogP contribution in [0.1, 0.15) is 0 Å². The van der Waals surface area contributed by atoms with Crippen LogP contribution in [0.5, 0.6) is 0 Å². The van der Waals surface area contributed by atoms with E-state index in [4.69, 9.17) is 13.3 Å². The summed E-state index contributed by atoms with van der Waals surface area (Å²) in [6.45, 7) is 0. The van der Waals surface area contributed by atoms with Crippen molar-refractivity contribution >= 4 is 11.4 Å². The van der Waals surface area contributed by atoms with Gasteiger partial charge in [0.15, 0.2) is 12.4 Å². The second kappa shape index (κ2) is 5.96. The molecular formula is C6H10NO3S+. The molecule has 0 aliphatic heterocycles. The molecule has 0 radical (unpaired) electrons. The van der Waals surface area contributed by atoms with Gasteiger partial charge in [-0.05, 0) is 0 Å². The first kappa shape index (κ1) is 10.2. The fourth-order valence-electron chi connectivity index (χ4n) is 0.485. The second-order valence-corrected chi connectivity index (χ2v) is 2.23. The standard InChI is InChI=1S/C6H8N.H2O3S/c1-7-5-3-2-4-6-7;1-4(2)3/h2-6H,1H3;(H2,1,2,3)/q+1;. The SMILES string of the molecule is C[n+]1ccccc1.O=S(O)O. The Morgan fingerprint density at radius 2 is 1.55 bits per heavy atom. The second-order valence-electron chi connectivity index (χ2n) is 1.77. The molecule has 2 N–H and O–H groups in total. The summed E-state index contributed by atoms with van der Waals surface area (Å²) in [5, 5.41) is 0. The van der Waals surface area contributed by atoms with Gasteiger partial charge in [-0.15, -0.1) is 0 Å². The molecule has 1 rings (SSSR count). The predicted octanol–water partition coefficient (Wildman–Crippen LogP) is 0.192. The Hall–Kier alpha value is -0.780. The Balaban J connectivity index is 0.000000218. The Bertz CT molecular complexity index is 210. The highest BCUT2D eigenvalue weighted by molar-refractivity contribution is 7.73. The molecule has 0 saturated heterocycles. The van der Waals surface area contributed by atoms with E-state index in [1.54, 1.807) is 0 Å². The van der Waals surface area contributed by atoms with Gasteiger partial charge in [-0.25, -0.2) is 4.57 Å². The summed E-state index contributed by atoms with van der Waals surface area (Å²) in [5.41, 5.74) is 0. The zero-order chi connectivity index (χ0) is 8.69. The van der Waals surface area contributed by atoms with E-state index in [9.17, 15) is 0 Å². The van der Waals surface area contributed by atoms with Crippen LogP contribution in [0.3, 0.4) is 0 Å². The van der Waals surface area contributed by atoms with E-state index in [2.05, 4.69) is 0 Å². The van der Waals surface area contributed by atoms with Crippen molar-refractivity contribution in [1.82, 2.24) is 0 Å². The molecule has 11 heavy (non-hydrogen) atoms. The van der Waals surface area contributed by atoms with Crippen molar-refractivity contribution in [3.05, 3.63) is 30.6 Å². The monoisotopic (exact) mass is 176 g/mol. The van der Waals surface area contributed by atoms with Crippen molar-refractivity contribution in [3.8, 4) is 0 Å². The fraction of sp³-hybridized carbons (Fsp3) is 0.167. The third kappa shape index (κ3) is 9.22. The van der Waals surface area contributed by atoms with E-state index in [1.165, 1.54) is 0 Å². The van der Waals surface area contributed by atoms with Crippen LogP contribution in [0.4, 0.5) is 0 Å². The van der Waals surface area contributed by atoms with Gasteiger partial charge >= 0.3 is 0 Å². The lowest BCUT2D eigenvalue weighted by atomic mass is 10.5. The number of nitrogens with zero attached hydrogens (tertiary/aromatic N) is 1. The summed E-state index contributed by atoms with van der Waals surface area (Å²) in [4.78, 5) is 0. The first-order valence-corrected chi connectivity index (χ1v) is 3.89. The minimum atomic E-state index is -2.61. The highest BCUT2D eigenvalue weighted by Crippen LogP contribution is 1.71. The molecule has 0 atom stereocenters. The van der Waals surface area contributed by atoms with E-state index < -0.39 is 11.4 Å². The lowest BCUT2D eigenvalue weighted by molar-refractivity contribution is -0.671. The van der Waals surface area contributed by atoms with Crippen molar-refractivity contribution in [3.63, 3.8) is 0 Å². The topological polar surface area (TPSA) is 61.4 Å². The highest BCUT2D eigenvalue weighted by Gasteiger charge is 1.78. The summed E-state index contributed by atoms with van der Waals surface area (Å²) in [6.07, 6.45) is 4.00. The van der Waals surface area contributed by atoms with Gasteiger partial charge in [0.25, 0.3) is 11.4 Å². The van der Waals surface area contributed by atoms with Gasteiger partial charge in [-0.1, -0.05) is 6.07 Å². The molecular weight excluding hydrogens is 166 g/mol. The van der Waals surface area contributed by atoms with Gasteiger partial charge < -0.3 is 0 Å². The third-order valence-corrected chi connectivity index (χ3v) is 0.865. The minimum Gasteiger partial charge on any atom is -0.284 e. The molecule has 0 aliphatic rings. The van der Waals surface area contributed by atoms with Crippen LogP contribution in [-0.2, 0) is 18.4 Å². The maximum absolute atomic E-state index is 8.67. The molecule has 0 unspecified atom stereocenters. The summed E-state index contributed by atoms with van der Waals surface area (Å²) in [6, 6.07) is 6.00. The third-order valence-electron chi connectivity index (χ3n) is 0.865. The summed E-state index contributed by atoms with van der Waals surface area (Å²) in [7, 11) is 2.00. The maximum atomic E-state index is 8.67. The van der Waals surface area contributed by atoms with Gasteiger partial charge in [-0.2, -0.15) is 4.21 Å². The molecule has 0 saturated carbocycles. The molecule has 0 aliphatic carbocycles. The van der Waals surface area contributed by atoms with Crippen LogP contribution in [0, 0.1) is 0 Å². The van der Waals surface area contributed by atoms with Gasteiger partial charge in [0.05, 0.1) is 0 Å². The predicted molar refractivity (Wildman–Crippen MR) is 41.0 cm³/mol. The van der Waals surface area contributed by atoms with Crippen molar-refractivity contribution < 1.29 is 17.9 Å². The first-order valence-electron chi connectivity index (χ1n) is 2.83. The van der Waals surface area contributed by atoms with E-state index in [1.807, 2.05) is 42.2 Å². The molecule has 1 heterocycles. The van der Waals surface area contributed by atoms with Crippen LogP contribution >= 0.6 is 0 Å². The molecule has 0 aromatic carbocycles. The molecule has 0 bridgehead atoms. The average molecular weight is 176 g/mol. The van der Waals surface area contributed by atoms with Gasteiger partial charge in [0.1, 0.15) is 7.05 Å². The van der Waals surface area contributed by atoms with Gasteiger partial charge in [0, 0.05) is 12.1 Å². The first-order chi connectivity index (χ1) is 5.13. The largest absolute Gasteiger partial charge is 0.299 e. The number of pyridine rings is 1. The van der Waals surface area contributed by atoms with Gasteiger partial charge in [0.2, 0.25) is 0 Å². The summed E-state index contributed by atoms with van der Waals surface area (Å²) in [5.74, 6) is 0. The zero-order valence-electron chi connectivity index (χ0n) is 6.04. The van der Waals surface area contributed by atoms with Crippen molar-refractivity contribution in [2.45, 2.75) is 0 Å². The number of hydrogen-bond donors (Lipinski definition) is 2. The van der Waals surface area contributed by atoms with Crippen molar-refractivity contribution in [1.29, 1.82) is 0 Å². The van der Waals surface area contributed by atoms with Crippen LogP contribution in [0.15, 0.2) is 30.6 Å². The van der Waals surface area contributed by atoms with Crippen LogP contribution in [0.2, 0.25) is 0 Å². The van der Waals surface area contributed by atoms with Gasteiger partial charge in [-0.3, -0.25) is 9.11 Å². The minimum absolute atomic E-state index is 2.00. The Morgan fingerprint density at radius 1 is 1.18 bits per heavy atom. The molecule has 62 valence electrons. The van der Waals surface area contributed by atoms with E-state index >= 15 is 0 Å². The lowest BCUT2D eigenvalue weighted by Gasteiger charge is -1.77. The Kier molecular flexibility index (Phi) is 5.54. The lowest BCUT2D eigenvalue weighted by Crippen LogP contribution is -2.25. The maximum Gasteiger partial charge on any atom is 0.299 e. The van der Waals surface area contributed by atoms with E-state index in [0.29, 0.717) is 0 Å². The zero-order valence-corrected chi connectivity index (χ0v) is 6.86. The molecule has 0 fully saturated rings. The molecule has 0 amide bonds. The smallest absolute Gasteiger partial charge is 0.284 e. The normalized spacial score (nSPS) is 8.73. The fourth-order valence-corrected chi connectivity index (χ4v) is 0.485. The van der Waals surface area contributed by atoms with Crippen LogP contribution in [-0.4, -0.2) is 13.3 Å². The molecule has 0 spiro atoms. The summed E-state index contributed by atoms with van der Waals surface area (Å²) < 4.78 is 24.8. The molecule has 5 heteroatoms. The number of rotatable bonds is 0. The van der Waals surface area contributed by atoms with Crippen molar-refractivity contribution in [2.75, 3.05) is 0 Å². The number of hydrogen-bond acceptors (Lipinski definition) is 1. The molecule has 4 nitrogen and oxygen atoms in total. The van der Waals surface area contributed by atoms with Crippen molar-refractivity contribution in [2.24, 2.45) is 7.05 Å². The Labute approximate surface area is 67.6 Å². The molecule has 1 aromatic heterocycles. The molecule has 1 aromatic rings. The highest BCUT2D eigenvalue weighted by atomic mass is 32.2. The number of aromatic nitrogens is 1.